The van der Waals surface area contributed by atoms with E-state index in [9.17, 15) is 4.79 Å². The van der Waals surface area contributed by atoms with Crippen molar-refractivity contribution in [2.75, 3.05) is 13.1 Å². The summed E-state index contributed by atoms with van der Waals surface area (Å²) in [5.41, 5.74) is 3.21. The molecule has 2 aliphatic rings. The van der Waals surface area contributed by atoms with Gasteiger partial charge in [0, 0.05) is 11.5 Å². The average Bonchev–Trinajstić information content (AvgIpc) is 2.84. The minimum Gasteiger partial charge on any atom is -0.316 e. The molecule has 17 heavy (non-hydrogen) atoms. The zero-order chi connectivity index (χ0) is 11.8. The molecule has 2 heteroatoms. The van der Waals surface area contributed by atoms with Crippen LogP contribution in [0.15, 0.2) is 24.3 Å². The lowest BCUT2D eigenvalue weighted by atomic mass is 9.79. The van der Waals surface area contributed by atoms with Crippen LogP contribution in [0.5, 0.6) is 0 Å². The first-order valence-corrected chi connectivity index (χ1v) is 6.30. The Morgan fingerprint density at radius 3 is 3.00 bits per heavy atom. The molecule has 1 heterocycles. The Labute approximate surface area is 102 Å². The Morgan fingerprint density at radius 2 is 2.24 bits per heavy atom. The number of hydrogen-bond donors (Lipinski definition) is 1. The molecule has 2 atom stereocenters. The van der Waals surface area contributed by atoms with E-state index in [2.05, 4.69) is 30.5 Å². The van der Waals surface area contributed by atoms with Crippen LogP contribution in [0.3, 0.4) is 0 Å². The molecule has 88 valence electrons. The standard InChI is InChI=1S/C15H17NO/c1-10-3-2-4-14-12(10)5-6-13(15(14)17)11-7-8-16-9-11/h2-6,11,13,16H,7-9H2,1H3. The summed E-state index contributed by atoms with van der Waals surface area (Å²) in [4.78, 5) is 12.5. The number of Topliss-reactive ketones (excluding diaryl/α,β-unsaturated/α-hetero) is 1. The Morgan fingerprint density at radius 1 is 1.35 bits per heavy atom. The van der Waals surface area contributed by atoms with Gasteiger partial charge in [-0.05, 0) is 43.5 Å². The van der Waals surface area contributed by atoms with Crippen LogP contribution >= 0.6 is 0 Å². The largest absolute Gasteiger partial charge is 0.316 e. The van der Waals surface area contributed by atoms with Crippen LogP contribution in [0.25, 0.3) is 6.08 Å². The zero-order valence-corrected chi connectivity index (χ0v) is 10.1. The highest BCUT2D eigenvalue weighted by molar-refractivity contribution is 6.05. The van der Waals surface area contributed by atoms with E-state index in [1.807, 2.05) is 12.1 Å². The van der Waals surface area contributed by atoms with Crippen molar-refractivity contribution in [3.05, 3.63) is 41.0 Å². The lowest BCUT2D eigenvalue weighted by molar-refractivity contribution is 0.0912. The molecule has 1 saturated heterocycles. The quantitative estimate of drug-likeness (QED) is 0.798. The second-order valence-corrected chi connectivity index (χ2v) is 5.04. The van der Waals surface area contributed by atoms with Crippen molar-refractivity contribution in [1.29, 1.82) is 0 Å². The number of rotatable bonds is 1. The van der Waals surface area contributed by atoms with E-state index in [1.165, 1.54) is 5.56 Å². The van der Waals surface area contributed by atoms with E-state index in [0.29, 0.717) is 11.7 Å². The Bertz CT molecular complexity index is 484. The monoisotopic (exact) mass is 227 g/mol. The fourth-order valence-corrected chi connectivity index (χ4v) is 2.94. The predicted molar refractivity (Wildman–Crippen MR) is 69.0 cm³/mol. The maximum absolute atomic E-state index is 12.5. The number of hydrogen-bond acceptors (Lipinski definition) is 2. The number of benzene rings is 1. The van der Waals surface area contributed by atoms with Crippen molar-refractivity contribution < 1.29 is 4.79 Å². The molecular weight excluding hydrogens is 210 g/mol. The highest BCUT2D eigenvalue weighted by Gasteiger charge is 2.32. The van der Waals surface area contributed by atoms with Crippen LogP contribution in [-0.4, -0.2) is 18.9 Å². The summed E-state index contributed by atoms with van der Waals surface area (Å²) in [5, 5.41) is 3.34. The van der Waals surface area contributed by atoms with Gasteiger partial charge in [0.05, 0.1) is 0 Å². The van der Waals surface area contributed by atoms with Crippen LogP contribution < -0.4 is 5.32 Å². The maximum Gasteiger partial charge on any atom is 0.170 e. The molecule has 3 rings (SSSR count). The van der Waals surface area contributed by atoms with Gasteiger partial charge < -0.3 is 5.32 Å². The van der Waals surface area contributed by atoms with Gasteiger partial charge in [0.25, 0.3) is 0 Å². The molecule has 0 spiro atoms. The minimum atomic E-state index is 0.0827. The Balaban J connectivity index is 1.98. The summed E-state index contributed by atoms with van der Waals surface area (Å²) in [7, 11) is 0. The first-order chi connectivity index (χ1) is 8.27. The maximum atomic E-state index is 12.5. The second-order valence-electron chi connectivity index (χ2n) is 5.04. The molecule has 1 aliphatic carbocycles. The van der Waals surface area contributed by atoms with Gasteiger partial charge in [-0.2, -0.15) is 0 Å². The van der Waals surface area contributed by atoms with Crippen molar-refractivity contribution in [2.24, 2.45) is 11.8 Å². The minimum absolute atomic E-state index is 0.0827. The highest BCUT2D eigenvalue weighted by atomic mass is 16.1. The molecule has 2 unspecified atom stereocenters. The molecule has 1 fully saturated rings. The summed E-state index contributed by atoms with van der Waals surface area (Å²) >= 11 is 0. The molecule has 0 aromatic heterocycles. The number of fused-ring (bicyclic) bond motifs is 1. The Hall–Kier alpha value is -1.41. The lowest BCUT2D eigenvalue weighted by Gasteiger charge is -2.23. The average molecular weight is 227 g/mol. The third kappa shape index (κ3) is 1.73. The second kappa shape index (κ2) is 4.11. The van der Waals surface area contributed by atoms with Crippen LogP contribution in [-0.2, 0) is 0 Å². The van der Waals surface area contributed by atoms with Gasteiger partial charge in [-0.15, -0.1) is 0 Å². The normalized spacial score (nSPS) is 27.2. The van der Waals surface area contributed by atoms with Crippen LogP contribution in [0, 0.1) is 18.8 Å². The summed E-state index contributed by atoms with van der Waals surface area (Å²) in [6.45, 7) is 4.08. The summed E-state index contributed by atoms with van der Waals surface area (Å²) < 4.78 is 0. The van der Waals surface area contributed by atoms with Gasteiger partial charge in [0.1, 0.15) is 0 Å². The first-order valence-electron chi connectivity index (χ1n) is 6.30. The van der Waals surface area contributed by atoms with Crippen molar-refractivity contribution in [3.63, 3.8) is 0 Å². The van der Waals surface area contributed by atoms with Gasteiger partial charge >= 0.3 is 0 Å². The SMILES string of the molecule is Cc1cccc2c1C=CC(C1CCNC1)C2=O. The highest BCUT2D eigenvalue weighted by Crippen LogP contribution is 2.31. The number of aryl methyl sites for hydroxylation is 1. The summed E-state index contributed by atoms with van der Waals surface area (Å²) in [5.74, 6) is 0.867. The molecule has 1 aromatic carbocycles. The number of ketones is 1. The van der Waals surface area contributed by atoms with E-state index < -0.39 is 0 Å². The van der Waals surface area contributed by atoms with Gasteiger partial charge in [0.15, 0.2) is 5.78 Å². The third-order valence-electron chi connectivity index (χ3n) is 3.97. The lowest BCUT2D eigenvalue weighted by Crippen LogP contribution is -2.26. The van der Waals surface area contributed by atoms with Gasteiger partial charge in [-0.3, -0.25) is 4.79 Å². The number of carbonyl (C=O) groups is 1. The molecule has 0 bridgehead atoms. The van der Waals surface area contributed by atoms with E-state index in [0.717, 1.165) is 30.6 Å². The van der Waals surface area contributed by atoms with E-state index in [1.54, 1.807) is 0 Å². The Kier molecular flexibility index (Phi) is 2.60. The van der Waals surface area contributed by atoms with Crippen LogP contribution in [0.2, 0.25) is 0 Å². The molecule has 0 radical (unpaired) electrons. The molecule has 1 aromatic rings. The van der Waals surface area contributed by atoms with Gasteiger partial charge in [-0.1, -0.05) is 30.4 Å². The van der Waals surface area contributed by atoms with Crippen molar-refractivity contribution in [1.82, 2.24) is 5.32 Å². The van der Waals surface area contributed by atoms with Gasteiger partial charge in [-0.25, -0.2) is 0 Å². The van der Waals surface area contributed by atoms with E-state index >= 15 is 0 Å². The molecule has 0 saturated carbocycles. The topological polar surface area (TPSA) is 29.1 Å². The first kappa shape index (κ1) is 10.7. The van der Waals surface area contributed by atoms with Crippen LogP contribution in [0.4, 0.5) is 0 Å². The molecule has 1 aliphatic heterocycles. The molecule has 1 N–H and O–H groups in total. The van der Waals surface area contributed by atoms with E-state index in [-0.39, 0.29) is 5.92 Å². The molecular formula is C15H17NO. The molecule has 0 amide bonds. The van der Waals surface area contributed by atoms with Crippen molar-refractivity contribution >= 4 is 11.9 Å². The number of allylic oxidation sites excluding steroid dienone is 1. The number of nitrogens with one attached hydrogen (secondary N) is 1. The fourth-order valence-electron chi connectivity index (χ4n) is 2.94. The fraction of sp³-hybridized carbons (Fsp3) is 0.400. The van der Waals surface area contributed by atoms with Crippen LogP contribution in [0.1, 0.15) is 27.9 Å². The van der Waals surface area contributed by atoms with E-state index in [4.69, 9.17) is 0 Å². The molecule has 2 nitrogen and oxygen atoms in total. The van der Waals surface area contributed by atoms with Gasteiger partial charge in [0.2, 0.25) is 0 Å². The third-order valence-corrected chi connectivity index (χ3v) is 3.97. The zero-order valence-electron chi connectivity index (χ0n) is 10.1. The summed E-state index contributed by atoms with van der Waals surface area (Å²) in [6.07, 6.45) is 5.35. The summed E-state index contributed by atoms with van der Waals surface area (Å²) in [6, 6.07) is 6.01. The number of carbonyl (C=O) groups excluding carboxylic acids is 1. The predicted octanol–water partition coefficient (Wildman–Crippen LogP) is 2.43. The van der Waals surface area contributed by atoms with Crippen molar-refractivity contribution in [3.8, 4) is 0 Å². The van der Waals surface area contributed by atoms with Crippen molar-refractivity contribution in [2.45, 2.75) is 13.3 Å². The smallest absolute Gasteiger partial charge is 0.170 e.